The van der Waals surface area contributed by atoms with Gasteiger partial charge in [-0.25, -0.2) is 4.79 Å². The van der Waals surface area contributed by atoms with Crippen molar-refractivity contribution in [3.05, 3.63) is 94.0 Å². The number of nitrogens with one attached hydrogen (secondary N) is 1. The minimum absolute atomic E-state index is 0.0105. The van der Waals surface area contributed by atoms with Crippen molar-refractivity contribution in [1.82, 2.24) is 5.32 Å². The van der Waals surface area contributed by atoms with Crippen LogP contribution in [0.2, 0.25) is 5.02 Å². The largest absolute Gasteiger partial charge is 0.504 e. The first kappa shape index (κ1) is 31.6. The number of nitrogens with two attached hydrogens (primary N) is 1. The Labute approximate surface area is 273 Å². The number of esters is 2. The van der Waals surface area contributed by atoms with Gasteiger partial charge in [0.15, 0.2) is 35.1 Å². The van der Waals surface area contributed by atoms with Crippen LogP contribution in [0.1, 0.15) is 18.0 Å². The van der Waals surface area contributed by atoms with E-state index in [4.69, 9.17) is 41.0 Å². The fourth-order valence-corrected chi connectivity index (χ4v) is 5.62. The molecule has 1 saturated heterocycles. The van der Waals surface area contributed by atoms with Crippen LogP contribution in [-0.4, -0.2) is 71.7 Å². The van der Waals surface area contributed by atoms with E-state index in [0.29, 0.717) is 5.56 Å². The molecule has 7 rings (SSSR count). The first-order chi connectivity index (χ1) is 22.5. The van der Waals surface area contributed by atoms with Gasteiger partial charge in [-0.2, -0.15) is 0 Å². The van der Waals surface area contributed by atoms with Gasteiger partial charge in [-0.3, -0.25) is 9.59 Å². The Morgan fingerprint density at radius 3 is 2.83 bits per heavy atom. The van der Waals surface area contributed by atoms with E-state index < -0.39 is 60.4 Å². The molecule has 1 aromatic carbocycles. The number of rotatable bonds is 3. The van der Waals surface area contributed by atoms with Crippen LogP contribution in [0.3, 0.4) is 0 Å². The van der Waals surface area contributed by atoms with Crippen LogP contribution in [0.25, 0.3) is 0 Å². The van der Waals surface area contributed by atoms with Gasteiger partial charge < -0.3 is 44.9 Å². The van der Waals surface area contributed by atoms with E-state index in [9.17, 15) is 24.6 Å². The molecule has 3 aliphatic carbocycles. The molecule has 1 amide bonds. The topological polar surface area (TPSA) is 176 Å². The van der Waals surface area contributed by atoms with Crippen LogP contribution in [0.15, 0.2) is 83.4 Å². The summed E-state index contributed by atoms with van der Waals surface area (Å²) in [5.41, 5.74) is 4.98. The number of phenols is 1. The number of phenolic OH excluding ortho intramolecular Hbond substituents is 1. The molecule has 4 bridgehead atoms. The highest BCUT2D eigenvalue weighted by Crippen LogP contribution is 2.41. The second-order valence-corrected chi connectivity index (χ2v) is 11.4. The highest BCUT2D eigenvalue weighted by atomic mass is 35.5. The Kier molecular flexibility index (Phi) is 8.34. The van der Waals surface area contributed by atoms with E-state index in [1.54, 1.807) is 18.2 Å². The molecule has 3 heterocycles. The Morgan fingerprint density at radius 1 is 1.26 bits per heavy atom. The van der Waals surface area contributed by atoms with Crippen molar-refractivity contribution in [3.63, 3.8) is 0 Å². The fraction of sp³-hybridized carbons (Fsp3) is 0.265. The zero-order valence-corrected chi connectivity index (χ0v) is 25.5. The summed E-state index contributed by atoms with van der Waals surface area (Å²) in [6.07, 6.45) is 5.11. The average molecular weight is 659 g/mol. The van der Waals surface area contributed by atoms with Gasteiger partial charge in [0.2, 0.25) is 0 Å². The first-order valence-corrected chi connectivity index (χ1v) is 14.6. The number of morpholine rings is 1. The van der Waals surface area contributed by atoms with Gasteiger partial charge in [-0.05, 0) is 35.9 Å². The number of hydrogen-bond acceptors (Lipinski definition) is 11. The molecular formula is C34H27ClN2O10. The molecule has 0 spiro atoms. The number of carbonyl (C=O) groups is 3. The molecule has 6 atom stereocenters. The molecule has 240 valence electrons. The Hall–Kier alpha value is -5.40. The Morgan fingerprint density at radius 2 is 2.06 bits per heavy atom. The van der Waals surface area contributed by atoms with Crippen molar-refractivity contribution >= 4 is 29.4 Å². The SMILES string of the molecule is C=C1OC2C=C(OC)C=C(C(=O)O[C@H]3COC(=O)C[C@H](N)c4cc(O)c(c(Cl)c4)O[C@@H]4C#C/C=C/3C#CC3=CC=C[C@@]34O)C2NC1=O. The number of allylic oxidation sites excluding steroid dienone is 4. The lowest BCUT2D eigenvalue weighted by Gasteiger charge is -2.35. The molecule has 3 aliphatic heterocycles. The second kappa shape index (κ2) is 12.4. The van der Waals surface area contributed by atoms with Crippen molar-refractivity contribution in [3.8, 4) is 35.2 Å². The van der Waals surface area contributed by atoms with E-state index in [1.807, 2.05) is 0 Å². The number of aromatic hydroxyl groups is 1. The third-order valence-electron chi connectivity index (χ3n) is 7.90. The molecular weight excluding hydrogens is 632 g/mol. The molecule has 0 radical (unpaired) electrons. The third kappa shape index (κ3) is 6.10. The monoisotopic (exact) mass is 658 g/mol. The van der Waals surface area contributed by atoms with Crippen LogP contribution in [0.5, 0.6) is 11.5 Å². The summed E-state index contributed by atoms with van der Waals surface area (Å²) < 4.78 is 28.3. The number of benzene rings is 1. The van der Waals surface area contributed by atoms with Gasteiger partial charge in [0.1, 0.15) is 24.5 Å². The zero-order chi connectivity index (χ0) is 33.5. The van der Waals surface area contributed by atoms with E-state index in [0.717, 1.165) is 0 Å². The van der Waals surface area contributed by atoms with E-state index >= 15 is 0 Å². The fourth-order valence-electron chi connectivity index (χ4n) is 5.36. The quantitative estimate of drug-likeness (QED) is 0.211. The van der Waals surface area contributed by atoms with Gasteiger partial charge in [-0.15, -0.1) is 0 Å². The molecule has 1 fully saturated rings. The molecule has 2 unspecified atom stereocenters. The predicted octanol–water partition coefficient (Wildman–Crippen LogP) is 1.69. The minimum atomic E-state index is -1.85. The van der Waals surface area contributed by atoms with E-state index in [1.165, 1.54) is 37.5 Å². The summed E-state index contributed by atoms with van der Waals surface area (Å²) in [4.78, 5) is 39.1. The van der Waals surface area contributed by atoms with Crippen LogP contribution in [0, 0.1) is 23.7 Å². The number of amides is 1. The Bertz CT molecular complexity index is 1860. The van der Waals surface area contributed by atoms with Gasteiger partial charge in [0.25, 0.3) is 5.91 Å². The summed E-state index contributed by atoms with van der Waals surface area (Å²) in [7, 11) is 1.40. The molecule has 1 aromatic rings. The van der Waals surface area contributed by atoms with Gasteiger partial charge in [0, 0.05) is 23.8 Å². The maximum absolute atomic E-state index is 13.8. The minimum Gasteiger partial charge on any atom is -0.504 e. The molecule has 47 heavy (non-hydrogen) atoms. The number of aliphatic hydroxyl groups is 1. The number of fused-ring (bicyclic) bond motifs is 9. The van der Waals surface area contributed by atoms with Gasteiger partial charge in [0.05, 0.1) is 29.7 Å². The molecule has 0 aromatic heterocycles. The maximum atomic E-state index is 13.8. The highest BCUT2D eigenvalue weighted by molar-refractivity contribution is 6.32. The van der Waals surface area contributed by atoms with Gasteiger partial charge in [-0.1, -0.05) is 47.9 Å². The van der Waals surface area contributed by atoms with Crippen molar-refractivity contribution in [1.29, 1.82) is 0 Å². The van der Waals surface area contributed by atoms with Crippen molar-refractivity contribution in [2.24, 2.45) is 5.73 Å². The summed E-state index contributed by atoms with van der Waals surface area (Å²) in [6.45, 7) is 3.08. The van der Waals surface area contributed by atoms with Crippen LogP contribution in [-0.2, 0) is 33.3 Å². The molecule has 12 nitrogen and oxygen atoms in total. The lowest BCUT2D eigenvalue weighted by molar-refractivity contribution is -0.155. The Balaban J connectivity index is 1.40. The normalized spacial score (nSPS) is 30.2. The number of carbonyl (C=O) groups excluding carboxylic acids is 3. The molecule has 13 heteroatoms. The lowest BCUT2D eigenvalue weighted by atomic mass is 9.91. The number of ether oxygens (including phenoxy) is 5. The summed E-state index contributed by atoms with van der Waals surface area (Å²) in [5, 5.41) is 25.1. The third-order valence-corrected chi connectivity index (χ3v) is 8.18. The van der Waals surface area contributed by atoms with Crippen LogP contribution in [0.4, 0.5) is 0 Å². The van der Waals surface area contributed by atoms with Crippen molar-refractivity contribution < 1.29 is 48.3 Å². The highest BCUT2D eigenvalue weighted by Gasteiger charge is 2.43. The second-order valence-electron chi connectivity index (χ2n) is 11.0. The van der Waals surface area contributed by atoms with E-state index in [-0.39, 0.29) is 51.2 Å². The predicted molar refractivity (Wildman–Crippen MR) is 165 cm³/mol. The lowest BCUT2D eigenvalue weighted by Crippen LogP contribution is -2.53. The summed E-state index contributed by atoms with van der Waals surface area (Å²) in [5.74, 6) is 8.69. The first-order valence-electron chi connectivity index (χ1n) is 14.3. The van der Waals surface area contributed by atoms with Crippen LogP contribution >= 0.6 is 11.6 Å². The summed E-state index contributed by atoms with van der Waals surface area (Å²) in [6, 6.07) is 0.828. The summed E-state index contributed by atoms with van der Waals surface area (Å²) >= 11 is 6.45. The standard InChI is InChI=1S/C34H27ClN2O10/c1-17-32(40)37-30-22(13-21(43-2)14-26(30)45-17)33(41)46-27-16-44-29(39)15-24(36)19-11-23(35)31(25(38)12-19)47-28-7-3-5-18(27)8-9-20-6-4-10-34(20,28)42/h4-6,10-14,24,26-28,30,38,42H,1,15-16,36H2,2H3,(H,37,40)/b18-5+/t24-,26?,27-,28+,30?,34+/m0/s1. The average Bonchev–Trinajstić information content (AvgIpc) is 3.43. The number of hydrogen-bond donors (Lipinski definition) is 4. The smallest absolute Gasteiger partial charge is 0.337 e. The zero-order valence-electron chi connectivity index (χ0n) is 24.7. The van der Waals surface area contributed by atoms with E-state index in [2.05, 4.69) is 35.6 Å². The molecule has 0 saturated carbocycles. The molecule has 6 aliphatic rings. The molecule has 5 N–H and O–H groups in total. The van der Waals surface area contributed by atoms with Crippen LogP contribution < -0.4 is 15.8 Å². The number of methoxy groups -OCH3 is 1. The van der Waals surface area contributed by atoms with Crippen molar-refractivity contribution in [2.45, 2.75) is 42.4 Å². The number of halogens is 1. The maximum Gasteiger partial charge on any atom is 0.337 e. The van der Waals surface area contributed by atoms with Crippen molar-refractivity contribution in [2.75, 3.05) is 13.7 Å². The van der Waals surface area contributed by atoms with Gasteiger partial charge >= 0.3 is 11.9 Å².